The van der Waals surface area contributed by atoms with E-state index in [0.29, 0.717) is 16.3 Å². The van der Waals surface area contributed by atoms with Gasteiger partial charge in [-0.15, -0.1) is 0 Å². The number of nitrogens with zero attached hydrogens (tertiary/aromatic N) is 3. The number of benzene rings is 2. The van der Waals surface area contributed by atoms with Crippen LogP contribution in [0.25, 0.3) is 5.76 Å². The van der Waals surface area contributed by atoms with Gasteiger partial charge in [0.2, 0.25) is 0 Å². The molecule has 32 heavy (non-hydrogen) atoms. The van der Waals surface area contributed by atoms with Crippen LogP contribution in [-0.4, -0.2) is 35.9 Å². The fourth-order valence-electron chi connectivity index (χ4n) is 3.66. The number of carbonyl (C=O) groups excluding carboxylic acids is 2. The molecule has 1 aliphatic heterocycles. The normalized spacial score (nSPS) is 17.6. The van der Waals surface area contributed by atoms with Crippen LogP contribution in [0.5, 0.6) is 0 Å². The lowest BCUT2D eigenvalue weighted by Crippen LogP contribution is -2.29. The molecule has 1 atom stereocenters. The van der Waals surface area contributed by atoms with E-state index in [-0.39, 0.29) is 21.9 Å². The first-order valence-electron chi connectivity index (χ1n) is 9.73. The van der Waals surface area contributed by atoms with Crippen LogP contribution in [0, 0.1) is 0 Å². The average Bonchev–Trinajstić information content (AvgIpc) is 3.06. The molecule has 1 N–H and O–H groups in total. The first-order valence-corrected chi connectivity index (χ1v) is 10.5. The summed E-state index contributed by atoms with van der Waals surface area (Å²) in [4.78, 5) is 33.7. The second-order valence-corrected chi connectivity index (χ2v) is 8.31. The van der Waals surface area contributed by atoms with Gasteiger partial charge in [-0.3, -0.25) is 19.5 Å². The van der Waals surface area contributed by atoms with Crippen molar-refractivity contribution in [3.63, 3.8) is 0 Å². The zero-order chi connectivity index (χ0) is 23.0. The summed E-state index contributed by atoms with van der Waals surface area (Å²) in [7, 11) is 3.82. The van der Waals surface area contributed by atoms with Crippen molar-refractivity contribution < 1.29 is 14.7 Å². The van der Waals surface area contributed by atoms with E-state index in [0.717, 1.165) is 5.69 Å². The topological polar surface area (TPSA) is 73.7 Å². The van der Waals surface area contributed by atoms with Crippen LogP contribution < -0.4 is 9.80 Å². The van der Waals surface area contributed by atoms with Crippen molar-refractivity contribution in [3.05, 3.63) is 93.7 Å². The molecular weight excluding hydrogens is 449 g/mol. The molecule has 1 aromatic heterocycles. The molecule has 2 aromatic carbocycles. The predicted octanol–water partition coefficient (Wildman–Crippen LogP) is 5.08. The number of pyridine rings is 1. The number of halogens is 2. The average molecular weight is 468 g/mol. The van der Waals surface area contributed by atoms with E-state index in [1.807, 2.05) is 31.1 Å². The lowest BCUT2D eigenvalue weighted by molar-refractivity contribution is -0.132. The van der Waals surface area contributed by atoms with Gasteiger partial charge in [-0.05, 0) is 54.1 Å². The number of ketones is 1. The van der Waals surface area contributed by atoms with Gasteiger partial charge in [-0.25, -0.2) is 0 Å². The summed E-state index contributed by atoms with van der Waals surface area (Å²) < 4.78 is 0. The molecule has 8 heteroatoms. The van der Waals surface area contributed by atoms with Crippen molar-refractivity contribution in [2.75, 3.05) is 23.9 Å². The summed E-state index contributed by atoms with van der Waals surface area (Å²) in [5, 5.41) is 11.6. The maximum absolute atomic E-state index is 13.1. The van der Waals surface area contributed by atoms with Gasteiger partial charge in [-0.1, -0.05) is 29.3 Å². The Morgan fingerprint density at radius 2 is 1.75 bits per heavy atom. The van der Waals surface area contributed by atoms with Crippen molar-refractivity contribution >= 4 is 52.0 Å². The van der Waals surface area contributed by atoms with Crippen LogP contribution >= 0.6 is 23.2 Å². The van der Waals surface area contributed by atoms with Crippen molar-refractivity contribution in [2.24, 2.45) is 0 Å². The largest absolute Gasteiger partial charge is 0.507 e. The molecule has 2 heterocycles. The van der Waals surface area contributed by atoms with E-state index in [1.54, 1.807) is 42.7 Å². The molecule has 1 fully saturated rings. The maximum Gasteiger partial charge on any atom is 0.300 e. The number of hydrogen-bond donors (Lipinski definition) is 1. The summed E-state index contributed by atoms with van der Waals surface area (Å²) in [5.41, 5.74) is 2.30. The number of hydrogen-bond acceptors (Lipinski definition) is 5. The highest BCUT2D eigenvalue weighted by atomic mass is 35.5. The summed E-state index contributed by atoms with van der Waals surface area (Å²) in [6.07, 6.45) is 3.17. The third-order valence-electron chi connectivity index (χ3n) is 5.28. The number of carbonyl (C=O) groups is 2. The second-order valence-electron chi connectivity index (χ2n) is 7.50. The standard InChI is InChI=1S/C24H19Cl2N3O3/c1-28(2)16-6-8-17(9-7-16)29-21(15-4-3-11-27-13-15)20(23(31)24(29)32)22(30)14-5-10-18(25)19(26)12-14/h3-13,21,30H,1-2H3/b22-20-. The van der Waals surface area contributed by atoms with Crippen LogP contribution in [0.2, 0.25) is 10.0 Å². The number of amides is 1. The Bertz CT molecular complexity index is 1220. The Balaban J connectivity index is 1.90. The molecule has 3 aromatic rings. The van der Waals surface area contributed by atoms with E-state index in [1.165, 1.54) is 17.0 Å². The summed E-state index contributed by atoms with van der Waals surface area (Å²) in [5.74, 6) is -1.86. The highest BCUT2D eigenvalue weighted by Crippen LogP contribution is 2.42. The van der Waals surface area contributed by atoms with Gasteiger partial charge in [0.1, 0.15) is 5.76 Å². The third kappa shape index (κ3) is 3.83. The number of aliphatic hydroxyl groups excluding tert-OH is 1. The van der Waals surface area contributed by atoms with E-state index < -0.39 is 17.7 Å². The molecule has 0 spiro atoms. The highest BCUT2D eigenvalue weighted by Gasteiger charge is 2.47. The van der Waals surface area contributed by atoms with Crippen LogP contribution in [0.15, 0.2) is 72.6 Å². The number of rotatable bonds is 4. The third-order valence-corrected chi connectivity index (χ3v) is 6.02. The number of anilines is 2. The van der Waals surface area contributed by atoms with Gasteiger partial charge >= 0.3 is 0 Å². The molecule has 0 radical (unpaired) electrons. The Morgan fingerprint density at radius 1 is 1.03 bits per heavy atom. The van der Waals surface area contributed by atoms with Gasteiger partial charge in [-0.2, -0.15) is 0 Å². The second kappa shape index (κ2) is 8.65. The Labute approximate surface area is 195 Å². The maximum atomic E-state index is 13.1. The molecule has 1 unspecified atom stereocenters. The molecular formula is C24H19Cl2N3O3. The Kier molecular flexibility index (Phi) is 5.91. The van der Waals surface area contributed by atoms with Gasteiger partial charge in [0.05, 0.1) is 21.7 Å². The van der Waals surface area contributed by atoms with E-state index in [2.05, 4.69) is 4.98 Å². The van der Waals surface area contributed by atoms with Gasteiger partial charge < -0.3 is 10.0 Å². The van der Waals surface area contributed by atoms with Crippen LogP contribution in [0.4, 0.5) is 11.4 Å². The molecule has 1 amide bonds. The predicted molar refractivity (Wildman–Crippen MR) is 126 cm³/mol. The van der Waals surface area contributed by atoms with Crippen molar-refractivity contribution in [2.45, 2.75) is 6.04 Å². The van der Waals surface area contributed by atoms with Crippen molar-refractivity contribution in [3.8, 4) is 0 Å². The highest BCUT2D eigenvalue weighted by molar-refractivity contribution is 6.51. The van der Waals surface area contributed by atoms with Gasteiger partial charge in [0.25, 0.3) is 11.7 Å². The zero-order valence-electron chi connectivity index (χ0n) is 17.3. The molecule has 0 aliphatic carbocycles. The first-order chi connectivity index (χ1) is 15.3. The SMILES string of the molecule is CN(C)c1ccc(N2C(=O)C(=O)/C(=C(\O)c3ccc(Cl)c(Cl)c3)C2c2cccnc2)cc1. The lowest BCUT2D eigenvalue weighted by atomic mass is 9.96. The lowest BCUT2D eigenvalue weighted by Gasteiger charge is -2.25. The Hall–Kier alpha value is -3.35. The summed E-state index contributed by atoms with van der Waals surface area (Å²) >= 11 is 12.1. The Morgan fingerprint density at radius 3 is 2.34 bits per heavy atom. The fourth-order valence-corrected chi connectivity index (χ4v) is 3.96. The van der Waals surface area contributed by atoms with Crippen molar-refractivity contribution in [1.82, 2.24) is 4.98 Å². The molecule has 0 bridgehead atoms. The first kappa shape index (κ1) is 21.9. The summed E-state index contributed by atoms with van der Waals surface area (Å²) in [6, 6.07) is 14.4. The number of Topliss-reactive ketones (excluding diaryl/α,β-unsaturated/α-hetero) is 1. The van der Waals surface area contributed by atoms with Crippen molar-refractivity contribution in [1.29, 1.82) is 0 Å². The molecule has 1 saturated heterocycles. The molecule has 0 saturated carbocycles. The van der Waals surface area contributed by atoms with Crippen LogP contribution in [0.3, 0.4) is 0 Å². The van der Waals surface area contributed by atoms with Crippen LogP contribution in [0.1, 0.15) is 17.2 Å². The molecule has 1 aliphatic rings. The summed E-state index contributed by atoms with van der Waals surface area (Å²) in [6.45, 7) is 0. The monoisotopic (exact) mass is 467 g/mol. The molecule has 162 valence electrons. The zero-order valence-corrected chi connectivity index (χ0v) is 18.8. The van der Waals surface area contributed by atoms with Gasteiger partial charge in [0.15, 0.2) is 0 Å². The van der Waals surface area contributed by atoms with Gasteiger partial charge in [0, 0.05) is 43.4 Å². The number of aliphatic hydroxyl groups is 1. The minimum Gasteiger partial charge on any atom is -0.507 e. The minimum absolute atomic E-state index is 0.0434. The molecule has 4 rings (SSSR count). The van der Waals surface area contributed by atoms with E-state index >= 15 is 0 Å². The van der Waals surface area contributed by atoms with E-state index in [4.69, 9.17) is 23.2 Å². The molecule has 6 nitrogen and oxygen atoms in total. The smallest absolute Gasteiger partial charge is 0.300 e. The quantitative estimate of drug-likeness (QED) is 0.329. The van der Waals surface area contributed by atoms with E-state index in [9.17, 15) is 14.7 Å². The van der Waals surface area contributed by atoms with Crippen LogP contribution in [-0.2, 0) is 9.59 Å². The number of aromatic nitrogens is 1. The fraction of sp³-hybridized carbons (Fsp3) is 0.125. The minimum atomic E-state index is -0.858.